The molecule has 1 amide bonds. The van der Waals surface area contributed by atoms with Crippen molar-refractivity contribution in [2.75, 3.05) is 24.4 Å². The summed E-state index contributed by atoms with van der Waals surface area (Å²) < 4.78 is 1.77. The Hall–Kier alpha value is -2.48. The predicted molar refractivity (Wildman–Crippen MR) is 121 cm³/mol. The van der Waals surface area contributed by atoms with Crippen LogP contribution in [0.3, 0.4) is 0 Å². The summed E-state index contributed by atoms with van der Waals surface area (Å²) >= 11 is 1.31. The Morgan fingerprint density at radius 2 is 1.90 bits per heavy atom. The molecule has 0 radical (unpaired) electrons. The van der Waals surface area contributed by atoms with Crippen molar-refractivity contribution in [1.82, 2.24) is 14.6 Å². The van der Waals surface area contributed by atoms with Gasteiger partial charge in [-0.2, -0.15) is 0 Å². The Bertz CT molecular complexity index is 1080. The standard InChI is InChI=1S/C16H17N5O2S.C3H6.C2H6/c1-8-18-12-11-10(20(2)3)6-7-17-15(11)24-13(12)16(23)21(8)19-14(22)9-4-5-9;1-2-3-1;1-2/h6-7,9H,4-5H2,1-3H3,(H,19,22);1-3H2;1-2H3. The molecule has 5 rings (SSSR count). The third kappa shape index (κ3) is 4.58. The van der Waals surface area contributed by atoms with Crippen LogP contribution in [0.1, 0.15) is 51.8 Å². The molecule has 0 saturated heterocycles. The van der Waals surface area contributed by atoms with Crippen LogP contribution >= 0.6 is 11.3 Å². The van der Waals surface area contributed by atoms with Gasteiger partial charge in [0.1, 0.15) is 20.9 Å². The van der Waals surface area contributed by atoms with Gasteiger partial charge in [0.05, 0.1) is 11.1 Å². The molecule has 2 fully saturated rings. The van der Waals surface area contributed by atoms with Crippen LogP contribution in [0.2, 0.25) is 0 Å². The molecule has 156 valence electrons. The zero-order valence-electron chi connectivity index (χ0n) is 17.8. The van der Waals surface area contributed by atoms with Crippen molar-refractivity contribution >= 4 is 43.4 Å². The second-order valence-electron chi connectivity index (χ2n) is 7.30. The minimum absolute atomic E-state index is 0.0245. The van der Waals surface area contributed by atoms with Gasteiger partial charge >= 0.3 is 0 Å². The zero-order valence-corrected chi connectivity index (χ0v) is 18.6. The molecule has 0 unspecified atom stereocenters. The Labute approximate surface area is 174 Å². The lowest BCUT2D eigenvalue weighted by molar-refractivity contribution is -0.118. The summed E-state index contributed by atoms with van der Waals surface area (Å²) in [5.74, 6) is 0.376. The number of thiophene rings is 1. The molecule has 3 aromatic rings. The van der Waals surface area contributed by atoms with Gasteiger partial charge in [0.2, 0.25) is 5.91 Å². The quantitative estimate of drug-likeness (QED) is 0.698. The molecule has 2 aliphatic carbocycles. The topological polar surface area (TPSA) is 80.1 Å². The Kier molecular flexibility index (Phi) is 6.52. The van der Waals surface area contributed by atoms with Gasteiger partial charge in [-0.1, -0.05) is 33.1 Å². The molecular formula is C21H29N5O2S. The number of fused-ring (bicyclic) bond motifs is 3. The monoisotopic (exact) mass is 415 g/mol. The zero-order chi connectivity index (χ0) is 21.1. The number of aromatic nitrogens is 3. The first-order chi connectivity index (χ1) is 14.0. The molecule has 0 bridgehead atoms. The molecule has 2 aliphatic rings. The van der Waals surface area contributed by atoms with E-state index in [2.05, 4.69) is 15.4 Å². The summed E-state index contributed by atoms with van der Waals surface area (Å²) in [6, 6.07) is 1.91. The minimum Gasteiger partial charge on any atom is -0.377 e. The summed E-state index contributed by atoms with van der Waals surface area (Å²) in [5, 5.41) is 0.878. The van der Waals surface area contributed by atoms with E-state index in [-0.39, 0.29) is 17.4 Å². The number of nitrogens with zero attached hydrogens (tertiary/aromatic N) is 4. The highest BCUT2D eigenvalue weighted by Gasteiger charge is 2.30. The Morgan fingerprint density at radius 3 is 2.45 bits per heavy atom. The molecule has 3 aromatic heterocycles. The van der Waals surface area contributed by atoms with Gasteiger partial charge in [-0.15, -0.1) is 11.3 Å². The van der Waals surface area contributed by atoms with Gasteiger partial charge in [-0.3, -0.25) is 15.0 Å². The summed E-state index contributed by atoms with van der Waals surface area (Å²) in [6.07, 6.45) is 8.00. The molecule has 29 heavy (non-hydrogen) atoms. The number of aryl methyl sites for hydroxylation is 1. The average molecular weight is 416 g/mol. The Balaban J connectivity index is 0.000000430. The molecule has 0 spiro atoms. The van der Waals surface area contributed by atoms with Gasteiger partial charge in [0.25, 0.3) is 5.56 Å². The number of carbonyl (C=O) groups is 1. The van der Waals surface area contributed by atoms with E-state index in [1.165, 1.54) is 35.3 Å². The fraction of sp³-hybridized carbons (Fsp3) is 0.524. The van der Waals surface area contributed by atoms with E-state index in [1.807, 2.05) is 38.9 Å². The smallest absolute Gasteiger partial charge is 0.290 e. The van der Waals surface area contributed by atoms with E-state index in [0.29, 0.717) is 16.0 Å². The number of amides is 1. The maximum absolute atomic E-state index is 12.9. The SMILES string of the molecule is C1CC1.CC.Cc1nc2c(sc3nccc(N(C)C)c32)c(=O)n1NC(=O)C1CC1. The second kappa shape index (κ2) is 8.90. The minimum atomic E-state index is -0.251. The second-order valence-corrected chi connectivity index (χ2v) is 8.29. The van der Waals surface area contributed by atoms with Crippen LogP contribution in [-0.4, -0.2) is 34.6 Å². The van der Waals surface area contributed by atoms with Crippen molar-refractivity contribution in [2.45, 2.75) is 52.9 Å². The molecule has 7 nitrogen and oxygen atoms in total. The van der Waals surface area contributed by atoms with E-state index in [1.54, 1.807) is 13.1 Å². The van der Waals surface area contributed by atoms with Gasteiger partial charge in [-0.05, 0) is 25.8 Å². The highest BCUT2D eigenvalue weighted by atomic mass is 32.1. The lowest BCUT2D eigenvalue weighted by Crippen LogP contribution is -2.35. The van der Waals surface area contributed by atoms with Crippen LogP contribution < -0.4 is 15.9 Å². The number of hydrogen-bond acceptors (Lipinski definition) is 6. The molecule has 1 N–H and O–H groups in total. The molecular weight excluding hydrogens is 386 g/mol. The maximum atomic E-state index is 12.9. The van der Waals surface area contributed by atoms with Crippen LogP contribution in [-0.2, 0) is 4.79 Å². The summed E-state index contributed by atoms with van der Waals surface area (Å²) in [6.45, 7) is 5.73. The van der Waals surface area contributed by atoms with Crippen LogP contribution in [0.5, 0.6) is 0 Å². The molecule has 0 aliphatic heterocycles. The summed E-state index contributed by atoms with van der Waals surface area (Å²) in [5.41, 5.74) is 4.06. The predicted octanol–water partition coefficient (Wildman–Crippen LogP) is 4.06. The third-order valence-electron chi connectivity index (χ3n) is 4.54. The number of pyridine rings is 1. The molecule has 0 atom stereocenters. The number of nitrogens with one attached hydrogen (secondary N) is 1. The van der Waals surface area contributed by atoms with Crippen molar-refractivity contribution in [3.63, 3.8) is 0 Å². The first kappa shape index (κ1) is 21.2. The number of anilines is 1. The normalized spacial score (nSPS) is 14.5. The van der Waals surface area contributed by atoms with E-state index in [9.17, 15) is 9.59 Å². The summed E-state index contributed by atoms with van der Waals surface area (Å²) in [7, 11) is 3.89. The van der Waals surface area contributed by atoms with Crippen LogP contribution in [0.25, 0.3) is 20.4 Å². The number of carbonyl (C=O) groups excluding carboxylic acids is 1. The lowest BCUT2D eigenvalue weighted by Gasteiger charge is -2.14. The van der Waals surface area contributed by atoms with Crippen molar-refractivity contribution < 1.29 is 4.79 Å². The first-order valence-corrected chi connectivity index (χ1v) is 11.1. The van der Waals surface area contributed by atoms with Crippen LogP contribution in [0.4, 0.5) is 5.69 Å². The number of rotatable bonds is 3. The highest BCUT2D eigenvalue weighted by molar-refractivity contribution is 7.25. The van der Waals surface area contributed by atoms with Crippen molar-refractivity contribution in [2.24, 2.45) is 5.92 Å². The fourth-order valence-corrected chi connectivity index (χ4v) is 3.79. The van der Waals surface area contributed by atoms with Crippen molar-refractivity contribution in [3.8, 4) is 0 Å². The molecule has 0 aromatic carbocycles. The van der Waals surface area contributed by atoms with Crippen LogP contribution in [0.15, 0.2) is 17.1 Å². The molecule has 8 heteroatoms. The third-order valence-corrected chi connectivity index (χ3v) is 5.62. The fourth-order valence-electron chi connectivity index (χ4n) is 2.75. The first-order valence-electron chi connectivity index (χ1n) is 10.3. The summed E-state index contributed by atoms with van der Waals surface area (Å²) in [4.78, 5) is 36.6. The van der Waals surface area contributed by atoms with Crippen molar-refractivity contribution in [1.29, 1.82) is 0 Å². The van der Waals surface area contributed by atoms with Gasteiger partial charge in [0, 0.05) is 26.2 Å². The van der Waals surface area contributed by atoms with Gasteiger partial charge in [0.15, 0.2) is 0 Å². The Morgan fingerprint density at radius 1 is 1.24 bits per heavy atom. The molecule has 3 heterocycles. The van der Waals surface area contributed by atoms with Crippen LogP contribution in [0, 0.1) is 12.8 Å². The van der Waals surface area contributed by atoms with Gasteiger partial charge < -0.3 is 4.90 Å². The highest BCUT2D eigenvalue weighted by Crippen LogP contribution is 2.35. The van der Waals surface area contributed by atoms with E-state index >= 15 is 0 Å². The van der Waals surface area contributed by atoms with E-state index in [0.717, 1.165) is 28.7 Å². The van der Waals surface area contributed by atoms with Gasteiger partial charge in [-0.25, -0.2) is 14.6 Å². The maximum Gasteiger partial charge on any atom is 0.290 e. The number of hydrogen-bond donors (Lipinski definition) is 1. The lowest BCUT2D eigenvalue weighted by atomic mass is 10.2. The van der Waals surface area contributed by atoms with E-state index < -0.39 is 0 Å². The van der Waals surface area contributed by atoms with E-state index in [4.69, 9.17) is 0 Å². The average Bonchev–Trinajstić information content (AvgIpc) is 3.61. The largest absolute Gasteiger partial charge is 0.377 e. The molecule has 2 saturated carbocycles. The van der Waals surface area contributed by atoms with Crippen molar-refractivity contribution in [3.05, 3.63) is 28.4 Å².